The van der Waals surface area contributed by atoms with Crippen LogP contribution in [0.5, 0.6) is 0 Å². The van der Waals surface area contributed by atoms with Crippen molar-refractivity contribution in [2.75, 3.05) is 6.54 Å². The van der Waals surface area contributed by atoms with Crippen LogP contribution in [0.2, 0.25) is 0 Å². The number of hydrogen-bond acceptors (Lipinski definition) is 5. The number of unbranched alkanes of at least 4 members (excludes halogenated alkanes) is 1. The fraction of sp³-hybridized carbons (Fsp3) is 0.520. The second-order valence-corrected chi connectivity index (χ2v) is 9.38. The molecule has 0 spiro atoms. The Morgan fingerprint density at radius 3 is 2.59 bits per heavy atom. The molecule has 3 aromatic rings. The summed E-state index contributed by atoms with van der Waals surface area (Å²) in [4.78, 5) is 12.9. The maximum absolute atomic E-state index is 12.9. The summed E-state index contributed by atoms with van der Waals surface area (Å²) in [5.74, 6) is 1.34. The molecule has 0 fully saturated rings. The van der Waals surface area contributed by atoms with Crippen LogP contribution in [0.15, 0.2) is 34.7 Å². The first kappa shape index (κ1) is 23.7. The van der Waals surface area contributed by atoms with Gasteiger partial charge in [0.05, 0.1) is 11.4 Å². The average molecular weight is 438 g/mol. The lowest BCUT2D eigenvalue weighted by Crippen LogP contribution is -2.29. The molecule has 0 aliphatic carbocycles. The first-order chi connectivity index (χ1) is 15.2. The van der Waals surface area contributed by atoms with Crippen LogP contribution in [0.4, 0.5) is 0 Å². The fourth-order valence-electron chi connectivity index (χ4n) is 3.68. The number of hydrogen-bond donors (Lipinski definition) is 1. The fourth-order valence-corrected chi connectivity index (χ4v) is 3.68. The van der Waals surface area contributed by atoms with Gasteiger partial charge in [-0.1, -0.05) is 59.9 Å². The van der Waals surface area contributed by atoms with Crippen molar-refractivity contribution in [1.29, 1.82) is 0 Å². The molecule has 2 aromatic heterocycles. The number of carbonyl (C=O) groups excluding carboxylic acids is 1. The van der Waals surface area contributed by atoms with E-state index < -0.39 is 0 Å². The lowest BCUT2D eigenvalue weighted by Gasteiger charge is -2.20. The summed E-state index contributed by atoms with van der Waals surface area (Å²) in [7, 11) is 0. The molecule has 2 heterocycles. The number of carbonyl (C=O) groups is 1. The highest BCUT2D eigenvalue weighted by Crippen LogP contribution is 2.29. The van der Waals surface area contributed by atoms with Crippen molar-refractivity contribution in [3.8, 4) is 17.3 Å². The maximum atomic E-state index is 12.9. The van der Waals surface area contributed by atoms with Gasteiger partial charge >= 0.3 is 0 Å². The minimum absolute atomic E-state index is 0.0565. The summed E-state index contributed by atoms with van der Waals surface area (Å²) >= 11 is 0. The molecule has 7 nitrogen and oxygen atoms in total. The van der Waals surface area contributed by atoms with Crippen LogP contribution >= 0.6 is 0 Å². The molecule has 0 radical (unpaired) electrons. The second kappa shape index (κ2) is 10.1. The molecule has 1 aromatic carbocycles. The molecule has 0 saturated heterocycles. The number of aromatic nitrogens is 4. The Morgan fingerprint density at radius 1 is 1.19 bits per heavy atom. The standard InChI is InChI=1S/C25H35N5O2/c1-7-9-11-18(8-2)16-26-23(31)19-12-10-13-20(14-19)30-22(25(4,5)6)15-21(29-30)24-28-27-17(3)32-24/h10,12-15,18H,7-9,11,16H2,1-6H3,(H,26,31). The van der Waals surface area contributed by atoms with Gasteiger partial charge in [-0.3, -0.25) is 4.79 Å². The average Bonchev–Trinajstić information content (AvgIpc) is 3.40. The number of amides is 1. The monoisotopic (exact) mass is 437 g/mol. The largest absolute Gasteiger partial charge is 0.420 e. The van der Waals surface area contributed by atoms with E-state index >= 15 is 0 Å². The lowest BCUT2D eigenvalue weighted by atomic mass is 9.91. The van der Waals surface area contributed by atoms with Gasteiger partial charge in [0, 0.05) is 24.4 Å². The Labute approximate surface area is 190 Å². The van der Waals surface area contributed by atoms with E-state index in [2.05, 4.69) is 50.1 Å². The molecular weight excluding hydrogens is 402 g/mol. The molecular formula is C25H35N5O2. The van der Waals surface area contributed by atoms with Crippen molar-refractivity contribution in [2.45, 2.75) is 72.6 Å². The van der Waals surface area contributed by atoms with E-state index in [1.165, 1.54) is 12.8 Å². The molecule has 3 rings (SSSR count). The van der Waals surface area contributed by atoms with Crippen molar-refractivity contribution >= 4 is 5.91 Å². The van der Waals surface area contributed by atoms with Gasteiger partial charge in [-0.25, -0.2) is 4.68 Å². The van der Waals surface area contributed by atoms with Crippen LogP contribution in [-0.4, -0.2) is 32.4 Å². The van der Waals surface area contributed by atoms with Gasteiger partial charge in [0.15, 0.2) is 0 Å². The third-order valence-corrected chi connectivity index (χ3v) is 5.67. The van der Waals surface area contributed by atoms with Gasteiger partial charge < -0.3 is 9.73 Å². The second-order valence-electron chi connectivity index (χ2n) is 9.38. The molecule has 172 valence electrons. The Hall–Kier alpha value is -2.96. The summed E-state index contributed by atoms with van der Waals surface area (Å²) in [6, 6.07) is 9.54. The minimum Gasteiger partial charge on any atom is -0.420 e. The highest BCUT2D eigenvalue weighted by atomic mass is 16.4. The molecule has 1 unspecified atom stereocenters. The summed E-state index contributed by atoms with van der Waals surface area (Å²) < 4.78 is 7.44. The zero-order chi connectivity index (χ0) is 23.3. The number of aryl methyl sites for hydroxylation is 1. The Bertz CT molecular complexity index is 1040. The predicted molar refractivity (Wildman–Crippen MR) is 126 cm³/mol. The van der Waals surface area contributed by atoms with Crippen LogP contribution in [-0.2, 0) is 5.41 Å². The van der Waals surface area contributed by atoms with Crippen LogP contribution in [0.25, 0.3) is 17.3 Å². The van der Waals surface area contributed by atoms with E-state index in [0.717, 1.165) is 24.2 Å². The van der Waals surface area contributed by atoms with E-state index in [0.29, 0.717) is 35.5 Å². The van der Waals surface area contributed by atoms with Gasteiger partial charge in [0.2, 0.25) is 5.89 Å². The SMILES string of the molecule is CCCCC(CC)CNC(=O)c1cccc(-n2nc(-c3nnc(C)o3)cc2C(C)(C)C)c1. The number of rotatable bonds is 9. The van der Waals surface area contributed by atoms with Gasteiger partial charge in [0.25, 0.3) is 11.8 Å². The van der Waals surface area contributed by atoms with E-state index in [1.807, 2.05) is 35.0 Å². The summed E-state index contributed by atoms with van der Waals surface area (Å²) in [5, 5.41) is 15.9. The molecule has 1 N–H and O–H groups in total. The number of nitrogens with one attached hydrogen (secondary N) is 1. The van der Waals surface area contributed by atoms with Crippen molar-refractivity contribution in [3.63, 3.8) is 0 Å². The van der Waals surface area contributed by atoms with Gasteiger partial charge in [0.1, 0.15) is 5.69 Å². The quantitative estimate of drug-likeness (QED) is 0.479. The first-order valence-corrected chi connectivity index (χ1v) is 11.5. The normalized spacial score (nSPS) is 12.7. The minimum atomic E-state index is -0.174. The Kier molecular flexibility index (Phi) is 7.48. The van der Waals surface area contributed by atoms with Crippen molar-refractivity contribution < 1.29 is 9.21 Å². The summed E-state index contributed by atoms with van der Waals surface area (Å²) in [6.07, 6.45) is 4.59. The van der Waals surface area contributed by atoms with E-state index in [-0.39, 0.29) is 11.3 Å². The Morgan fingerprint density at radius 2 is 1.97 bits per heavy atom. The van der Waals surface area contributed by atoms with Crippen molar-refractivity contribution in [2.24, 2.45) is 5.92 Å². The Balaban J connectivity index is 1.87. The van der Waals surface area contributed by atoms with Crippen LogP contribution < -0.4 is 5.32 Å². The topological polar surface area (TPSA) is 85.8 Å². The molecule has 32 heavy (non-hydrogen) atoms. The third-order valence-electron chi connectivity index (χ3n) is 5.67. The first-order valence-electron chi connectivity index (χ1n) is 11.5. The third kappa shape index (κ3) is 5.64. The van der Waals surface area contributed by atoms with Crippen LogP contribution in [0.1, 0.15) is 82.2 Å². The van der Waals surface area contributed by atoms with Crippen molar-refractivity contribution in [1.82, 2.24) is 25.3 Å². The van der Waals surface area contributed by atoms with Crippen molar-refractivity contribution in [3.05, 3.63) is 47.5 Å². The van der Waals surface area contributed by atoms with Gasteiger partial charge in [-0.15, -0.1) is 10.2 Å². The van der Waals surface area contributed by atoms with E-state index in [1.54, 1.807) is 6.92 Å². The summed E-state index contributed by atoms with van der Waals surface area (Å²) in [5.41, 5.74) is 2.88. The molecule has 0 aliphatic rings. The predicted octanol–water partition coefficient (Wildman–Crippen LogP) is 5.47. The summed E-state index contributed by atoms with van der Waals surface area (Å²) in [6.45, 7) is 13.2. The van der Waals surface area contributed by atoms with Crippen LogP contribution in [0, 0.1) is 12.8 Å². The zero-order valence-corrected chi connectivity index (χ0v) is 20.1. The smallest absolute Gasteiger partial charge is 0.268 e. The highest BCUT2D eigenvalue weighted by molar-refractivity contribution is 5.94. The number of benzene rings is 1. The molecule has 0 saturated carbocycles. The van der Waals surface area contributed by atoms with E-state index in [9.17, 15) is 4.79 Å². The number of nitrogens with zero attached hydrogens (tertiary/aromatic N) is 4. The molecule has 1 atom stereocenters. The zero-order valence-electron chi connectivity index (χ0n) is 20.1. The van der Waals surface area contributed by atoms with E-state index in [4.69, 9.17) is 9.52 Å². The van der Waals surface area contributed by atoms with Gasteiger partial charge in [-0.05, 0) is 36.6 Å². The maximum Gasteiger partial charge on any atom is 0.268 e. The highest BCUT2D eigenvalue weighted by Gasteiger charge is 2.24. The molecule has 7 heteroatoms. The van der Waals surface area contributed by atoms with Crippen LogP contribution in [0.3, 0.4) is 0 Å². The molecule has 0 bridgehead atoms. The lowest BCUT2D eigenvalue weighted by molar-refractivity contribution is 0.0945. The molecule has 1 amide bonds. The van der Waals surface area contributed by atoms with Gasteiger partial charge in [-0.2, -0.15) is 5.10 Å². The molecule has 0 aliphatic heterocycles.